The Kier molecular flexibility index (Phi) is 6.51. The number of ether oxygens (including phenoxy) is 1. The Bertz CT molecular complexity index is 603. The zero-order valence-electron chi connectivity index (χ0n) is 12.2. The minimum Gasteiger partial charge on any atom is -0.496 e. The second kappa shape index (κ2) is 8.15. The largest absolute Gasteiger partial charge is 0.496 e. The minimum atomic E-state index is 0.323. The molecule has 1 N–H and O–H groups in total. The highest BCUT2D eigenvalue weighted by Crippen LogP contribution is 2.29. The maximum Gasteiger partial charge on any atom is 0.133 e. The molecular weight excluding hydrogens is 441 g/mol. The van der Waals surface area contributed by atoms with Crippen LogP contribution in [0.5, 0.6) is 5.75 Å². The topological polar surface area (TPSA) is 21.3 Å². The van der Waals surface area contributed by atoms with Crippen molar-refractivity contribution in [1.82, 2.24) is 5.32 Å². The van der Waals surface area contributed by atoms with Crippen LogP contribution in [-0.4, -0.2) is 13.7 Å². The smallest absolute Gasteiger partial charge is 0.133 e. The second-order valence-corrected chi connectivity index (χ2v) is 6.82. The van der Waals surface area contributed by atoms with Crippen LogP contribution in [0.25, 0.3) is 0 Å². The summed E-state index contributed by atoms with van der Waals surface area (Å²) in [6, 6.07) is 15.1. The fourth-order valence-electron chi connectivity index (χ4n) is 2.37. The Morgan fingerprint density at radius 1 is 1.24 bits per heavy atom. The van der Waals surface area contributed by atoms with E-state index >= 15 is 0 Å². The average Bonchev–Trinajstić information content (AvgIpc) is 2.47. The van der Waals surface area contributed by atoms with Crippen LogP contribution in [-0.2, 0) is 6.42 Å². The van der Waals surface area contributed by atoms with E-state index in [1.54, 1.807) is 7.11 Å². The van der Waals surface area contributed by atoms with Crippen LogP contribution in [0.3, 0.4) is 0 Å². The van der Waals surface area contributed by atoms with E-state index in [1.807, 2.05) is 6.07 Å². The number of hydrogen-bond acceptors (Lipinski definition) is 2. The molecule has 0 saturated heterocycles. The minimum absolute atomic E-state index is 0.323. The molecule has 0 aliphatic rings. The SMILES string of the molecule is CCNC(Cc1ccc(OC)c(Br)c1)c1ccccc1I. The highest BCUT2D eigenvalue weighted by Gasteiger charge is 2.14. The second-order valence-electron chi connectivity index (χ2n) is 4.80. The first kappa shape index (κ1) is 16.8. The van der Waals surface area contributed by atoms with Crippen LogP contribution in [0.15, 0.2) is 46.9 Å². The van der Waals surface area contributed by atoms with Crippen molar-refractivity contribution in [3.8, 4) is 5.75 Å². The summed E-state index contributed by atoms with van der Waals surface area (Å²) < 4.78 is 7.59. The van der Waals surface area contributed by atoms with E-state index < -0.39 is 0 Å². The summed E-state index contributed by atoms with van der Waals surface area (Å²) in [5, 5.41) is 3.58. The standard InChI is InChI=1S/C17H19BrINO/c1-3-20-16(13-6-4-5-7-15(13)19)11-12-8-9-17(21-2)14(18)10-12/h4-10,16,20H,3,11H2,1-2H3. The maximum atomic E-state index is 5.29. The molecule has 112 valence electrons. The Morgan fingerprint density at radius 3 is 2.62 bits per heavy atom. The quantitative estimate of drug-likeness (QED) is 0.616. The van der Waals surface area contributed by atoms with Crippen molar-refractivity contribution in [3.63, 3.8) is 0 Å². The van der Waals surface area contributed by atoms with Gasteiger partial charge in [-0.25, -0.2) is 0 Å². The van der Waals surface area contributed by atoms with Gasteiger partial charge in [0.25, 0.3) is 0 Å². The highest BCUT2D eigenvalue weighted by atomic mass is 127. The molecule has 0 saturated carbocycles. The van der Waals surface area contributed by atoms with Gasteiger partial charge in [0.05, 0.1) is 11.6 Å². The van der Waals surface area contributed by atoms with E-state index in [4.69, 9.17) is 4.74 Å². The summed E-state index contributed by atoms with van der Waals surface area (Å²) in [4.78, 5) is 0. The lowest BCUT2D eigenvalue weighted by Crippen LogP contribution is -2.23. The molecule has 2 aromatic rings. The predicted molar refractivity (Wildman–Crippen MR) is 100.0 cm³/mol. The number of nitrogens with one attached hydrogen (secondary N) is 1. The summed E-state index contributed by atoms with van der Waals surface area (Å²) in [6.07, 6.45) is 0.955. The van der Waals surface area contributed by atoms with E-state index in [2.05, 4.69) is 87.2 Å². The maximum absolute atomic E-state index is 5.29. The lowest BCUT2D eigenvalue weighted by atomic mass is 9.99. The van der Waals surface area contributed by atoms with Crippen molar-refractivity contribution in [2.24, 2.45) is 0 Å². The van der Waals surface area contributed by atoms with Crippen molar-refractivity contribution >= 4 is 38.5 Å². The lowest BCUT2D eigenvalue weighted by molar-refractivity contribution is 0.412. The third-order valence-corrected chi connectivity index (χ3v) is 4.99. The number of benzene rings is 2. The molecule has 1 atom stereocenters. The Balaban J connectivity index is 2.24. The third kappa shape index (κ3) is 4.44. The number of hydrogen-bond donors (Lipinski definition) is 1. The first-order valence-corrected chi connectivity index (χ1v) is 8.83. The molecule has 2 rings (SSSR count). The van der Waals surface area contributed by atoms with E-state index in [-0.39, 0.29) is 0 Å². The van der Waals surface area contributed by atoms with Crippen molar-refractivity contribution in [3.05, 3.63) is 61.6 Å². The molecule has 21 heavy (non-hydrogen) atoms. The molecule has 0 fully saturated rings. The summed E-state index contributed by atoms with van der Waals surface area (Å²) in [5.74, 6) is 0.869. The molecule has 0 bridgehead atoms. The first-order chi connectivity index (χ1) is 10.2. The average molecular weight is 460 g/mol. The Hall–Kier alpha value is -0.590. The van der Waals surface area contributed by atoms with E-state index in [0.29, 0.717) is 6.04 Å². The summed E-state index contributed by atoms with van der Waals surface area (Å²) in [7, 11) is 1.69. The van der Waals surface area contributed by atoms with Gasteiger partial charge in [-0.05, 0) is 80.8 Å². The molecule has 0 radical (unpaired) electrons. The normalized spacial score (nSPS) is 12.2. The monoisotopic (exact) mass is 459 g/mol. The molecule has 0 spiro atoms. The van der Waals surface area contributed by atoms with Crippen LogP contribution in [0.4, 0.5) is 0 Å². The lowest BCUT2D eigenvalue weighted by Gasteiger charge is -2.20. The molecule has 1 unspecified atom stereocenters. The third-order valence-electron chi connectivity index (χ3n) is 3.39. The van der Waals surface area contributed by atoms with Crippen LogP contribution in [0.2, 0.25) is 0 Å². The van der Waals surface area contributed by atoms with Gasteiger partial charge in [-0.2, -0.15) is 0 Å². The van der Waals surface area contributed by atoms with Gasteiger partial charge in [0, 0.05) is 9.61 Å². The van der Waals surface area contributed by atoms with Crippen LogP contribution < -0.4 is 10.1 Å². The number of likely N-dealkylation sites (N-methyl/N-ethyl adjacent to an activating group) is 1. The van der Waals surface area contributed by atoms with E-state index in [1.165, 1.54) is 14.7 Å². The molecule has 4 heteroatoms. The van der Waals surface area contributed by atoms with Crippen molar-refractivity contribution < 1.29 is 4.74 Å². The fraction of sp³-hybridized carbons (Fsp3) is 0.294. The van der Waals surface area contributed by atoms with Gasteiger partial charge in [-0.3, -0.25) is 0 Å². The molecule has 0 aromatic heterocycles. The number of rotatable bonds is 6. The fourth-order valence-corrected chi connectivity index (χ4v) is 3.72. The molecule has 2 nitrogen and oxygen atoms in total. The van der Waals surface area contributed by atoms with Crippen molar-refractivity contribution in [2.45, 2.75) is 19.4 Å². The van der Waals surface area contributed by atoms with Gasteiger partial charge in [-0.15, -0.1) is 0 Å². The van der Waals surface area contributed by atoms with Crippen molar-refractivity contribution in [2.75, 3.05) is 13.7 Å². The summed E-state index contributed by atoms with van der Waals surface area (Å²) in [6.45, 7) is 3.10. The molecule has 0 amide bonds. The summed E-state index contributed by atoms with van der Waals surface area (Å²) >= 11 is 5.97. The van der Waals surface area contributed by atoms with Crippen molar-refractivity contribution in [1.29, 1.82) is 0 Å². The highest BCUT2D eigenvalue weighted by molar-refractivity contribution is 14.1. The summed E-state index contributed by atoms with van der Waals surface area (Å²) in [5.41, 5.74) is 2.64. The van der Waals surface area contributed by atoms with E-state index in [9.17, 15) is 0 Å². The number of halogens is 2. The predicted octanol–water partition coefficient (Wildman–Crippen LogP) is 4.96. The van der Waals surface area contributed by atoms with Crippen LogP contribution in [0, 0.1) is 3.57 Å². The molecular formula is C17H19BrINO. The van der Waals surface area contributed by atoms with Crippen LogP contribution in [0.1, 0.15) is 24.1 Å². The Labute approximate surface area is 148 Å². The zero-order chi connectivity index (χ0) is 15.2. The number of methoxy groups -OCH3 is 1. The van der Waals surface area contributed by atoms with Gasteiger partial charge >= 0.3 is 0 Å². The molecule has 0 aliphatic heterocycles. The first-order valence-electron chi connectivity index (χ1n) is 6.96. The van der Waals surface area contributed by atoms with Gasteiger partial charge in [0.1, 0.15) is 5.75 Å². The van der Waals surface area contributed by atoms with Gasteiger partial charge in [0.2, 0.25) is 0 Å². The molecule has 2 aromatic carbocycles. The van der Waals surface area contributed by atoms with Gasteiger partial charge in [0.15, 0.2) is 0 Å². The molecule has 0 heterocycles. The van der Waals surface area contributed by atoms with E-state index in [0.717, 1.165) is 23.2 Å². The zero-order valence-corrected chi connectivity index (χ0v) is 15.9. The molecule has 0 aliphatic carbocycles. The Morgan fingerprint density at radius 2 is 2.00 bits per heavy atom. The van der Waals surface area contributed by atoms with Crippen LogP contribution >= 0.6 is 38.5 Å². The van der Waals surface area contributed by atoms with Gasteiger partial charge < -0.3 is 10.1 Å². The van der Waals surface area contributed by atoms with Gasteiger partial charge in [-0.1, -0.05) is 31.2 Å².